The van der Waals surface area contributed by atoms with Crippen molar-refractivity contribution in [2.45, 2.75) is 24.0 Å². The summed E-state index contributed by atoms with van der Waals surface area (Å²) in [5.74, 6) is -3.02. The minimum absolute atomic E-state index is 0.0213. The highest BCUT2D eigenvalue weighted by Crippen LogP contribution is 2.47. The van der Waals surface area contributed by atoms with Crippen molar-refractivity contribution in [3.63, 3.8) is 0 Å². The average molecular weight is 388 g/mol. The number of alkyl halides is 2. The van der Waals surface area contributed by atoms with E-state index in [-0.39, 0.29) is 46.1 Å². The number of thioether (sulfide) groups is 1. The lowest BCUT2D eigenvalue weighted by Crippen LogP contribution is -2.26. The van der Waals surface area contributed by atoms with Gasteiger partial charge in [0.15, 0.2) is 11.5 Å². The Morgan fingerprint density at radius 3 is 2.50 bits per heavy atom. The minimum Gasteiger partial charge on any atom is -0.481 e. The molecule has 1 N–H and O–H groups in total. The number of benzene rings is 2. The third-order valence-corrected chi connectivity index (χ3v) is 4.69. The van der Waals surface area contributed by atoms with Crippen molar-refractivity contribution in [1.29, 1.82) is 0 Å². The second-order valence-electron chi connectivity index (χ2n) is 5.42. The number of hydrogen-bond acceptors (Lipinski definition) is 4. The van der Waals surface area contributed by atoms with Crippen LogP contribution in [-0.4, -0.2) is 23.1 Å². The molecule has 0 amide bonds. The van der Waals surface area contributed by atoms with Crippen LogP contribution in [0.2, 0.25) is 0 Å². The van der Waals surface area contributed by atoms with Gasteiger partial charge < -0.3 is 14.6 Å². The number of carbonyl (C=O) groups is 1. The van der Waals surface area contributed by atoms with Gasteiger partial charge >= 0.3 is 12.3 Å². The number of hydrogen-bond donors (Lipinski definition) is 1. The zero-order valence-electron chi connectivity index (χ0n) is 13.1. The molecular formula is C17H12F4O4S. The van der Waals surface area contributed by atoms with E-state index in [0.29, 0.717) is 0 Å². The molecule has 1 aliphatic heterocycles. The third kappa shape index (κ3) is 3.87. The van der Waals surface area contributed by atoms with E-state index < -0.39 is 23.9 Å². The lowest BCUT2D eigenvalue weighted by atomic mass is 10.0. The van der Waals surface area contributed by atoms with E-state index in [1.165, 1.54) is 18.2 Å². The average Bonchev–Trinajstić information content (AvgIpc) is 2.86. The fraction of sp³-hybridized carbons (Fsp3) is 0.235. The zero-order chi connectivity index (χ0) is 18.9. The Morgan fingerprint density at radius 2 is 1.85 bits per heavy atom. The lowest BCUT2D eigenvalue weighted by Gasteiger charge is -2.10. The molecule has 0 bridgehead atoms. The van der Waals surface area contributed by atoms with Crippen LogP contribution in [0.4, 0.5) is 17.6 Å². The van der Waals surface area contributed by atoms with Gasteiger partial charge in [-0.1, -0.05) is 12.1 Å². The molecule has 0 spiro atoms. The van der Waals surface area contributed by atoms with Gasteiger partial charge in [-0.3, -0.25) is 4.79 Å². The number of ether oxygens (including phenoxy) is 2. The summed E-state index contributed by atoms with van der Waals surface area (Å²) < 4.78 is 63.8. The van der Waals surface area contributed by atoms with Gasteiger partial charge in [0.25, 0.3) is 0 Å². The third-order valence-electron chi connectivity index (χ3n) is 3.52. The van der Waals surface area contributed by atoms with Crippen LogP contribution in [0.15, 0.2) is 35.2 Å². The molecule has 26 heavy (non-hydrogen) atoms. The maximum Gasteiger partial charge on any atom is 0.586 e. The van der Waals surface area contributed by atoms with Crippen LogP contribution >= 0.6 is 11.8 Å². The van der Waals surface area contributed by atoms with Crippen molar-refractivity contribution in [1.82, 2.24) is 0 Å². The molecule has 0 aliphatic carbocycles. The van der Waals surface area contributed by atoms with E-state index >= 15 is 0 Å². The normalized spacial score (nSPS) is 14.5. The summed E-state index contributed by atoms with van der Waals surface area (Å²) in [6, 6.07) is 6.08. The molecule has 9 heteroatoms. The van der Waals surface area contributed by atoms with Gasteiger partial charge in [-0.05, 0) is 35.9 Å². The highest BCUT2D eigenvalue weighted by molar-refractivity contribution is 7.99. The Morgan fingerprint density at radius 1 is 1.15 bits per heavy atom. The van der Waals surface area contributed by atoms with Gasteiger partial charge in [0, 0.05) is 12.0 Å². The molecule has 0 atom stereocenters. The first kappa shape index (κ1) is 18.4. The van der Waals surface area contributed by atoms with E-state index in [0.717, 1.165) is 23.9 Å². The first-order valence-corrected chi connectivity index (χ1v) is 8.48. The van der Waals surface area contributed by atoms with E-state index in [1.807, 2.05) is 0 Å². The molecule has 0 unspecified atom stereocenters. The van der Waals surface area contributed by atoms with Gasteiger partial charge in [-0.15, -0.1) is 20.5 Å². The Bertz CT molecular complexity index is 834. The second kappa shape index (κ2) is 7.06. The summed E-state index contributed by atoms with van der Waals surface area (Å²) in [4.78, 5) is 10.2. The Kier molecular flexibility index (Phi) is 4.99. The van der Waals surface area contributed by atoms with Crippen molar-refractivity contribution in [3.8, 4) is 22.6 Å². The van der Waals surface area contributed by atoms with E-state index in [4.69, 9.17) is 5.11 Å². The van der Waals surface area contributed by atoms with Crippen molar-refractivity contribution < 1.29 is 36.9 Å². The first-order valence-electron chi connectivity index (χ1n) is 7.50. The summed E-state index contributed by atoms with van der Waals surface area (Å²) in [6.07, 6.45) is -3.68. The number of aliphatic carboxylic acids is 1. The number of rotatable bonds is 6. The summed E-state index contributed by atoms with van der Waals surface area (Å²) in [5, 5.41) is 8.56. The van der Waals surface area contributed by atoms with Crippen LogP contribution in [0.1, 0.15) is 12.8 Å². The molecule has 0 saturated carbocycles. The van der Waals surface area contributed by atoms with Crippen LogP contribution in [0, 0.1) is 11.6 Å². The molecule has 1 aliphatic rings. The van der Waals surface area contributed by atoms with Crippen molar-refractivity contribution in [3.05, 3.63) is 42.0 Å². The molecule has 0 saturated heterocycles. The molecule has 0 aromatic heterocycles. The fourth-order valence-electron chi connectivity index (χ4n) is 2.45. The zero-order valence-corrected chi connectivity index (χ0v) is 13.9. The molecule has 3 rings (SSSR count). The van der Waals surface area contributed by atoms with Gasteiger partial charge in [0.2, 0.25) is 0 Å². The SMILES string of the molecule is O=C(O)CCCSc1c(F)cc(-c2cccc3c2OC(F)(F)O3)cc1F. The van der Waals surface area contributed by atoms with E-state index in [1.54, 1.807) is 0 Å². The summed E-state index contributed by atoms with van der Waals surface area (Å²) in [7, 11) is 0. The van der Waals surface area contributed by atoms with Crippen molar-refractivity contribution >= 4 is 17.7 Å². The monoisotopic (exact) mass is 388 g/mol. The topological polar surface area (TPSA) is 55.8 Å². The number of carboxylic acid groups (broad SMARTS) is 1. The first-order chi connectivity index (χ1) is 12.3. The lowest BCUT2D eigenvalue weighted by molar-refractivity contribution is -0.286. The largest absolute Gasteiger partial charge is 0.586 e. The van der Waals surface area contributed by atoms with E-state index in [2.05, 4.69) is 9.47 Å². The van der Waals surface area contributed by atoms with Crippen LogP contribution in [0.25, 0.3) is 11.1 Å². The molecule has 1 heterocycles. The van der Waals surface area contributed by atoms with Gasteiger partial charge in [0.05, 0.1) is 4.90 Å². The summed E-state index contributed by atoms with van der Waals surface area (Å²) in [6.45, 7) is 0. The molecule has 0 radical (unpaired) electrons. The molecule has 2 aromatic carbocycles. The predicted octanol–water partition coefficient (Wildman–Crippen LogP) is 4.91. The minimum atomic E-state index is -3.84. The van der Waals surface area contributed by atoms with Gasteiger partial charge in [0.1, 0.15) is 11.6 Å². The second-order valence-corrected chi connectivity index (χ2v) is 6.52. The molecule has 138 valence electrons. The standard InChI is InChI=1S/C17H12F4O4S/c18-11-7-9(8-12(19)16(11)26-6-2-5-14(22)23)10-3-1-4-13-15(10)25-17(20,21)24-13/h1,3-4,7-8H,2,5-6H2,(H,22,23). The van der Waals surface area contributed by atoms with Gasteiger partial charge in [-0.2, -0.15) is 0 Å². The molecule has 4 nitrogen and oxygen atoms in total. The van der Waals surface area contributed by atoms with Crippen molar-refractivity contribution in [2.24, 2.45) is 0 Å². The summed E-state index contributed by atoms with van der Waals surface area (Å²) in [5.41, 5.74) is 0.0907. The quantitative estimate of drug-likeness (QED) is 0.433. The maximum absolute atomic E-state index is 14.3. The van der Waals surface area contributed by atoms with Crippen LogP contribution in [-0.2, 0) is 4.79 Å². The van der Waals surface area contributed by atoms with Crippen LogP contribution in [0.3, 0.4) is 0 Å². The molecule has 2 aromatic rings. The Labute approximate surface area is 149 Å². The Balaban J connectivity index is 1.86. The fourth-order valence-corrected chi connectivity index (χ4v) is 3.33. The molecular weight excluding hydrogens is 376 g/mol. The van der Waals surface area contributed by atoms with Gasteiger partial charge in [-0.25, -0.2) is 8.78 Å². The van der Waals surface area contributed by atoms with Crippen molar-refractivity contribution in [2.75, 3.05) is 5.75 Å². The number of para-hydroxylation sites is 1. The predicted molar refractivity (Wildman–Crippen MR) is 85.6 cm³/mol. The number of carboxylic acids is 1. The Hall–Kier alpha value is -2.42. The molecule has 0 fully saturated rings. The number of fused-ring (bicyclic) bond motifs is 1. The maximum atomic E-state index is 14.3. The highest BCUT2D eigenvalue weighted by Gasteiger charge is 2.44. The summed E-state index contributed by atoms with van der Waals surface area (Å²) >= 11 is 0.855. The van der Waals surface area contributed by atoms with Crippen LogP contribution < -0.4 is 9.47 Å². The van der Waals surface area contributed by atoms with E-state index in [9.17, 15) is 22.4 Å². The smallest absolute Gasteiger partial charge is 0.481 e. The number of halogens is 4. The van der Waals surface area contributed by atoms with Crippen LogP contribution in [0.5, 0.6) is 11.5 Å². The highest BCUT2D eigenvalue weighted by atomic mass is 32.2.